The van der Waals surface area contributed by atoms with Gasteiger partial charge in [0.15, 0.2) is 15.2 Å². The summed E-state index contributed by atoms with van der Waals surface area (Å²) in [6.07, 6.45) is 6.75. The van der Waals surface area contributed by atoms with Crippen LogP contribution >= 0.6 is 0 Å². The number of aromatic nitrogens is 1. The predicted molar refractivity (Wildman–Crippen MR) is 99.0 cm³/mol. The molecule has 150 valence electrons. The Morgan fingerprint density at radius 1 is 1.28 bits per heavy atom. The molecule has 0 bridgehead atoms. The predicted octanol–water partition coefficient (Wildman–Crippen LogP) is -1.10. The number of amides is 2. The van der Waals surface area contributed by atoms with Crippen LogP contribution in [0.4, 0.5) is 0 Å². The smallest absolute Gasteiger partial charge is 0.258 e. The van der Waals surface area contributed by atoms with Crippen LogP contribution in [0.15, 0.2) is 53.4 Å². The highest BCUT2D eigenvalue weighted by atomic mass is 32.2. The molecule has 4 rings (SSSR count). The number of carbonyl (C=O) groups excluding carboxylic acids is 3. The number of aliphatic carboxylic acids is 1. The van der Waals surface area contributed by atoms with Crippen LogP contribution in [0, 0.1) is 0 Å². The van der Waals surface area contributed by atoms with E-state index < -0.39 is 44.4 Å². The van der Waals surface area contributed by atoms with E-state index in [9.17, 15) is 27.9 Å². The summed E-state index contributed by atoms with van der Waals surface area (Å²) in [4.78, 5) is 40.8. The van der Waals surface area contributed by atoms with Crippen LogP contribution in [0.3, 0.4) is 0 Å². The molecule has 2 aliphatic heterocycles. The van der Waals surface area contributed by atoms with Gasteiger partial charge in [-0.2, -0.15) is 0 Å². The number of carbonyl (C=O) groups is 3. The van der Waals surface area contributed by atoms with Gasteiger partial charge >= 0.3 is 0 Å². The average Bonchev–Trinajstić information content (AvgIpc) is 3.48. The zero-order valence-electron chi connectivity index (χ0n) is 15.1. The molecule has 10 heteroatoms. The number of carboxylic acid groups (broad SMARTS) is 1. The van der Waals surface area contributed by atoms with E-state index in [1.54, 1.807) is 18.2 Å². The molecule has 1 aliphatic carbocycles. The molecule has 2 fully saturated rings. The molecular formula is C19H16N3O6S-. The number of fused-ring (bicyclic) bond motifs is 1. The number of rotatable bonds is 5. The Morgan fingerprint density at radius 3 is 2.66 bits per heavy atom. The highest BCUT2D eigenvalue weighted by Gasteiger charge is 2.55. The lowest BCUT2D eigenvalue weighted by atomic mass is 10.0. The third-order valence-electron chi connectivity index (χ3n) is 4.75. The Balaban J connectivity index is 1.69. The Bertz CT molecular complexity index is 1100. The van der Waals surface area contributed by atoms with Gasteiger partial charge < -0.3 is 15.2 Å². The first kappa shape index (κ1) is 19.1. The van der Waals surface area contributed by atoms with Gasteiger partial charge in [0.05, 0.1) is 28.7 Å². The van der Waals surface area contributed by atoms with Gasteiger partial charge in [-0.25, -0.2) is 8.42 Å². The number of carboxylic acids is 1. The van der Waals surface area contributed by atoms with Gasteiger partial charge in [-0.3, -0.25) is 19.5 Å². The van der Waals surface area contributed by atoms with Crippen molar-refractivity contribution < 1.29 is 27.9 Å². The Hall–Kier alpha value is -3.27. The van der Waals surface area contributed by atoms with Crippen molar-refractivity contribution in [2.75, 3.05) is 5.75 Å². The maximum Gasteiger partial charge on any atom is 0.258 e. The Morgan fingerprint density at radius 2 is 2.03 bits per heavy atom. The Labute approximate surface area is 166 Å². The summed E-state index contributed by atoms with van der Waals surface area (Å²) >= 11 is 0. The second kappa shape index (κ2) is 6.96. The lowest BCUT2D eigenvalue weighted by Gasteiger charge is -2.46. The van der Waals surface area contributed by atoms with Gasteiger partial charge in [-0.05, 0) is 36.6 Å². The number of hydrogen-bond acceptors (Lipinski definition) is 7. The molecule has 0 aromatic carbocycles. The van der Waals surface area contributed by atoms with Crippen molar-refractivity contribution in [1.82, 2.24) is 15.2 Å². The minimum absolute atomic E-state index is 0.0584. The van der Waals surface area contributed by atoms with E-state index >= 15 is 0 Å². The van der Waals surface area contributed by atoms with Crippen molar-refractivity contribution in [3.8, 4) is 0 Å². The molecule has 1 aromatic rings. The van der Waals surface area contributed by atoms with Crippen molar-refractivity contribution in [3.63, 3.8) is 0 Å². The summed E-state index contributed by atoms with van der Waals surface area (Å²) in [5.74, 6) is -3.52. The van der Waals surface area contributed by atoms with E-state index in [1.807, 2.05) is 0 Å². The number of allylic oxidation sites excluding steroid dienone is 1. The van der Waals surface area contributed by atoms with Crippen molar-refractivity contribution in [1.29, 1.82) is 0 Å². The maximum atomic E-state index is 12.8. The zero-order chi connectivity index (χ0) is 20.8. The first-order chi connectivity index (χ1) is 13.8. The standard InChI is InChI=1S/C19H17N3O6S/c23-15(21-12-5-6-12)7-4-11-10-29(27,28)18-14(9-13-3-1-2-8-20-13)17(24)22(18)16(11)19(25)26/h1-4,7-9,12,18H,5-6,10H2,(H,21,23)(H,25,26)/p-1/b7-4+,14-9-/t18-/m1/s1. The molecule has 29 heavy (non-hydrogen) atoms. The molecule has 1 aromatic heterocycles. The molecule has 1 saturated carbocycles. The zero-order valence-corrected chi connectivity index (χ0v) is 15.9. The van der Waals surface area contributed by atoms with E-state index in [4.69, 9.17) is 0 Å². The highest BCUT2D eigenvalue weighted by Crippen LogP contribution is 2.40. The fourth-order valence-electron chi connectivity index (χ4n) is 3.28. The summed E-state index contributed by atoms with van der Waals surface area (Å²) in [5, 5.41) is 12.9. The van der Waals surface area contributed by atoms with E-state index in [0.717, 1.165) is 25.0 Å². The van der Waals surface area contributed by atoms with E-state index in [-0.39, 0.29) is 17.2 Å². The van der Waals surface area contributed by atoms with Crippen LogP contribution in [0.2, 0.25) is 0 Å². The number of nitrogens with zero attached hydrogens (tertiary/aromatic N) is 2. The number of sulfone groups is 1. The second-order valence-corrected chi connectivity index (χ2v) is 9.03. The summed E-state index contributed by atoms with van der Waals surface area (Å²) in [6, 6.07) is 5.04. The molecule has 0 unspecified atom stereocenters. The van der Waals surface area contributed by atoms with E-state index in [0.29, 0.717) is 10.6 Å². The van der Waals surface area contributed by atoms with Crippen LogP contribution in [-0.2, 0) is 24.2 Å². The fraction of sp³-hybridized carbons (Fsp3) is 0.263. The molecule has 9 nitrogen and oxygen atoms in total. The first-order valence-electron chi connectivity index (χ1n) is 8.89. The van der Waals surface area contributed by atoms with Crippen LogP contribution in [-0.4, -0.2) is 53.3 Å². The topological polar surface area (TPSA) is 137 Å². The molecule has 3 aliphatic rings. The monoisotopic (exact) mass is 414 g/mol. The van der Waals surface area contributed by atoms with Crippen molar-refractivity contribution in [2.24, 2.45) is 0 Å². The lowest BCUT2D eigenvalue weighted by Crippen LogP contribution is -2.63. The number of β-lactam (4-membered cyclic amide) rings is 1. The Kier molecular flexibility index (Phi) is 4.58. The molecule has 1 N–H and O–H groups in total. The minimum Gasteiger partial charge on any atom is -0.543 e. The lowest BCUT2D eigenvalue weighted by molar-refractivity contribution is -0.301. The molecular weight excluding hydrogens is 398 g/mol. The molecule has 0 radical (unpaired) electrons. The average molecular weight is 414 g/mol. The van der Waals surface area contributed by atoms with Crippen LogP contribution in [0.5, 0.6) is 0 Å². The third kappa shape index (κ3) is 3.58. The fourth-order valence-corrected chi connectivity index (χ4v) is 5.18. The highest BCUT2D eigenvalue weighted by molar-refractivity contribution is 7.92. The second-order valence-electron chi connectivity index (χ2n) is 6.97. The number of hydrogen-bond donors (Lipinski definition) is 1. The van der Waals surface area contributed by atoms with Gasteiger partial charge in [-0.15, -0.1) is 0 Å². The van der Waals surface area contributed by atoms with Gasteiger partial charge in [0.25, 0.3) is 5.91 Å². The van der Waals surface area contributed by atoms with Crippen molar-refractivity contribution in [3.05, 3.63) is 59.1 Å². The quantitative estimate of drug-likeness (QED) is 0.477. The number of pyridine rings is 1. The largest absolute Gasteiger partial charge is 0.543 e. The molecule has 3 heterocycles. The molecule has 2 amide bonds. The first-order valence-corrected chi connectivity index (χ1v) is 10.6. The summed E-state index contributed by atoms with van der Waals surface area (Å²) < 4.78 is 25.5. The van der Waals surface area contributed by atoms with Gasteiger partial charge in [-0.1, -0.05) is 12.1 Å². The number of nitrogens with one attached hydrogen (secondary N) is 1. The summed E-state index contributed by atoms with van der Waals surface area (Å²) in [7, 11) is -3.92. The summed E-state index contributed by atoms with van der Waals surface area (Å²) in [6.45, 7) is 0. The van der Waals surface area contributed by atoms with E-state index in [1.165, 1.54) is 12.3 Å². The van der Waals surface area contributed by atoms with Crippen molar-refractivity contribution in [2.45, 2.75) is 24.3 Å². The normalized spacial score (nSPS) is 24.4. The van der Waals surface area contributed by atoms with Gasteiger partial charge in [0, 0.05) is 18.3 Å². The summed E-state index contributed by atoms with van der Waals surface area (Å²) in [5.41, 5.74) is -0.384. The van der Waals surface area contributed by atoms with Crippen LogP contribution < -0.4 is 10.4 Å². The van der Waals surface area contributed by atoms with Crippen LogP contribution in [0.1, 0.15) is 18.5 Å². The molecule has 0 spiro atoms. The van der Waals surface area contributed by atoms with Gasteiger partial charge in [0.1, 0.15) is 0 Å². The SMILES string of the molecule is O=C(/C=C/C1=C(C(=O)[O-])N2C(=O)/C(=C/c3ccccn3)[C@H]2S(=O)(=O)C1)NC1CC1. The molecule has 1 saturated heterocycles. The van der Waals surface area contributed by atoms with Crippen molar-refractivity contribution >= 4 is 33.7 Å². The molecule has 1 atom stereocenters. The van der Waals surface area contributed by atoms with E-state index in [2.05, 4.69) is 10.3 Å². The minimum atomic E-state index is -3.92. The third-order valence-corrected chi connectivity index (χ3v) is 6.61. The maximum absolute atomic E-state index is 12.8. The van der Waals surface area contributed by atoms with Crippen LogP contribution in [0.25, 0.3) is 6.08 Å². The van der Waals surface area contributed by atoms with Gasteiger partial charge in [0.2, 0.25) is 5.91 Å².